The van der Waals surface area contributed by atoms with Crippen LogP contribution in [0.2, 0.25) is 0 Å². The first kappa shape index (κ1) is 14.8. The fourth-order valence-corrected chi connectivity index (χ4v) is 3.39. The van der Waals surface area contributed by atoms with E-state index in [4.69, 9.17) is 4.74 Å². The first-order valence-corrected chi connectivity index (χ1v) is 7.55. The normalized spacial score (nSPS) is 27.7. The highest BCUT2D eigenvalue weighted by Gasteiger charge is 2.41. The minimum Gasteiger partial charge on any atom is -0.375 e. The Balaban J connectivity index is 1.96. The molecular weight excluding hydrogens is 240 g/mol. The maximum Gasteiger partial charge on any atom is 0.219 e. The van der Waals surface area contributed by atoms with Crippen LogP contribution >= 0.6 is 0 Å². The first-order valence-electron chi connectivity index (χ1n) is 7.55. The van der Waals surface area contributed by atoms with Gasteiger partial charge in [-0.05, 0) is 39.5 Å². The number of hydrogen-bond donors (Lipinski definition) is 0. The molecule has 2 rings (SSSR count). The minimum absolute atomic E-state index is 0.0258. The van der Waals surface area contributed by atoms with Gasteiger partial charge in [0.05, 0.1) is 5.60 Å². The Bertz CT molecular complexity index is 322. The summed E-state index contributed by atoms with van der Waals surface area (Å²) >= 11 is 0. The van der Waals surface area contributed by atoms with E-state index in [0.29, 0.717) is 12.1 Å². The summed E-state index contributed by atoms with van der Waals surface area (Å²) in [4.78, 5) is 16.0. The standard InChI is InChI=1S/C15H28N2O2/c1-12(2)17-8-6-15(7-9-17)11-14(5-10-19-15)16(4)13(3)18/h12,14H,5-11H2,1-4H3. The van der Waals surface area contributed by atoms with Gasteiger partial charge in [0.2, 0.25) is 5.91 Å². The lowest BCUT2D eigenvalue weighted by Crippen LogP contribution is -2.54. The highest BCUT2D eigenvalue weighted by Crippen LogP contribution is 2.36. The molecule has 0 aromatic heterocycles. The molecule has 0 aromatic carbocycles. The molecule has 1 unspecified atom stereocenters. The second kappa shape index (κ2) is 5.80. The molecular formula is C15H28N2O2. The number of likely N-dealkylation sites (tertiary alicyclic amines) is 1. The third-order valence-electron chi connectivity index (χ3n) is 4.95. The van der Waals surface area contributed by atoms with Crippen molar-refractivity contribution in [3.05, 3.63) is 0 Å². The number of carbonyl (C=O) groups excluding carboxylic acids is 1. The first-order chi connectivity index (χ1) is 8.93. The van der Waals surface area contributed by atoms with Crippen LogP contribution in [0.5, 0.6) is 0 Å². The van der Waals surface area contributed by atoms with Crippen LogP contribution in [-0.2, 0) is 9.53 Å². The summed E-state index contributed by atoms with van der Waals surface area (Å²) in [6, 6.07) is 0.980. The number of rotatable bonds is 2. The van der Waals surface area contributed by atoms with Crippen LogP contribution in [0.15, 0.2) is 0 Å². The van der Waals surface area contributed by atoms with Gasteiger partial charge in [-0.1, -0.05) is 0 Å². The molecule has 19 heavy (non-hydrogen) atoms. The predicted octanol–water partition coefficient (Wildman–Crippen LogP) is 1.89. The number of hydrogen-bond acceptors (Lipinski definition) is 3. The molecule has 0 aliphatic carbocycles. The highest BCUT2D eigenvalue weighted by atomic mass is 16.5. The summed E-state index contributed by atoms with van der Waals surface area (Å²) in [5, 5.41) is 0. The van der Waals surface area contributed by atoms with Crippen molar-refractivity contribution in [2.24, 2.45) is 0 Å². The van der Waals surface area contributed by atoms with Crippen molar-refractivity contribution in [2.45, 2.75) is 64.1 Å². The number of piperidine rings is 1. The summed E-state index contributed by atoms with van der Waals surface area (Å²) in [6.07, 6.45) is 4.20. The van der Waals surface area contributed by atoms with Gasteiger partial charge in [0.25, 0.3) is 0 Å². The zero-order chi connectivity index (χ0) is 14.0. The van der Waals surface area contributed by atoms with Gasteiger partial charge in [-0.3, -0.25) is 4.79 Å². The molecule has 1 amide bonds. The van der Waals surface area contributed by atoms with E-state index in [1.807, 2.05) is 11.9 Å². The molecule has 0 bridgehead atoms. The second-order valence-corrected chi connectivity index (χ2v) is 6.44. The van der Waals surface area contributed by atoms with E-state index in [-0.39, 0.29) is 11.5 Å². The van der Waals surface area contributed by atoms with Crippen LogP contribution in [-0.4, -0.2) is 60.1 Å². The molecule has 2 aliphatic rings. The predicted molar refractivity (Wildman–Crippen MR) is 76.1 cm³/mol. The summed E-state index contributed by atoms with van der Waals surface area (Å²) in [7, 11) is 1.93. The van der Waals surface area contributed by atoms with Crippen molar-refractivity contribution in [3.63, 3.8) is 0 Å². The average molecular weight is 268 g/mol. The van der Waals surface area contributed by atoms with Crippen LogP contribution in [0.1, 0.15) is 46.5 Å². The molecule has 0 N–H and O–H groups in total. The monoisotopic (exact) mass is 268 g/mol. The zero-order valence-electron chi connectivity index (χ0n) is 12.8. The molecule has 2 saturated heterocycles. The van der Waals surface area contributed by atoms with Crippen molar-refractivity contribution in [2.75, 3.05) is 26.7 Å². The fraction of sp³-hybridized carbons (Fsp3) is 0.933. The van der Waals surface area contributed by atoms with Gasteiger partial charge >= 0.3 is 0 Å². The van der Waals surface area contributed by atoms with Crippen molar-refractivity contribution < 1.29 is 9.53 Å². The lowest BCUT2D eigenvalue weighted by Gasteiger charge is -2.48. The molecule has 1 atom stereocenters. The molecule has 110 valence electrons. The van der Waals surface area contributed by atoms with Gasteiger partial charge < -0.3 is 14.5 Å². The van der Waals surface area contributed by atoms with Gasteiger partial charge in [-0.2, -0.15) is 0 Å². The summed E-state index contributed by atoms with van der Waals surface area (Å²) in [6.45, 7) is 9.20. The van der Waals surface area contributed by atoms with Crippen molar-refractivity contribution in [1.29, 1.82) is 0 Å². The Labute approximate surface area is 117 Å². The highest BCUT2D eigenvalue weighted by molar-refractivity contribution is 5.73. The van der Waals surface area contributed by atoms with E-state index in [9.17, 15) is 4.79 Å². The van der Waals surface area contributed by atoms with Crippen molar-refractivity contribution >= 4 is 5.91 Å². The maximum atomic E-state index is 11.5. The quantitative estimate of drug-likeness (QED) is 0.766. The van der Waals surface area contributed by atoms with Gasteiger partial charge in [-0.25, -0.2) is 0 Å². The summed E-state index contributed by atoms with van der Waals surface area (Å²) in [5.41, 5.74) is 0.0258. The summed E-state index contributed by atoms with van der Waals surface area (Å²) < 4.78 is 6.13. The second-order valence-electron chi connectivity index (χ2n) is 6.44. The lowest BCUT2D eigenvalue weighted by molar-refractivity contribution is -0.147. The molecule has 2 fully saturated rings. The van der Waals surface area contributed by atoms with Crippen molar-refractivity contribution in [3.8, 4) is 0 Å². The lowest BCUT2D eigenvalue weighted by atomic mass is 9.81. The van der Waals surface area contributed by atoms with Gasteiger partial charge in [-0.15, -0.1) is 0 Å². The Morgan fingerprint density at radius 3 is 2.53 bits per heavy atom. The van der Waals surface area contributed by atoms with E-state index < -0.39 is 0 Å². The number of carbonyl (C=O) groups is 1. The molecule has 0 radical (unpaired) electrons. The smallest absolute Gasteiger partial charge is 0.219 e. The Hall–Kier alpha value is -0.610. The molecule has 0 saturated carbocycles. The molecule has 4 heteroatoms. The van der Waals surface area contributed by atoms with Gasteiger partial charge in [0, 0.05) is 45.8 Å². The van der Waals surface area contributed by atoms with E-state index >= 15 is 0 Å². The third-order valence-corrected chi connectivity index (χ3v) is 4.95. The molecule has 4 nitrogen and oxygen atoms in total. The van der Waals surface area contributed by atoms with E-state index in [0.717, 1.165) is 45.4 Å². The molecule has 1 spiro atoms. The average Bonchev–Trinajstić information content (AvgIpc) is 2.38. The van der Waals surface area contributed by atoms with E-state index in [1.165, 1.54) is 0 Å². The Kier molecular flexibility index (Phi) is 4.51. The summed E-state index contributed by atoms with van der Waals surface area (Å²) in [5.74, 6) is 0.168. The molecule has 2 heterocycles. The largest absolute Gasteiger partial charge is 0.375 e. The fourth-order valence-electron chi connectivity index (χ4n) is 3.39. The Morgan fingerprint density at radius 1 is 1.37 bits per heavy atom. The van der Waals surface area contributed by atoms with Crippen LogP contribution in [0.25, 0.3) is 0 Å². The number of amides is 1. The van der Waals surface area contributed by atoms with E-state index in [2.05, 4.69) is 18.7 Å². The molecule has 0 aromatic rings. The van der Waals surface area contributed by atoms with Crippen LogP contribution in [0.3, 0.4) is 0 Å². The Morgan fingerprint density at radius 2 is 2.00 bits per heavy atom. The number of ether oxygens (including phenoxy) is 1. The van der Waals surface area contributed by atoms with Crippen LogP contribution in [0, 0.1) is 0 Å². The zero-order valence-corrected chi connectivity index (χ0v) is 12.8. The maximum absolute atomic E-state index is 11.5. The van der Waals surface area contributed by atoms with Crippen LogP contribution in [0.4, 0.5) is 0 Å². The molecule has 2 aliphatic heterocycles. The number of nitrogens with zero attached hydrogens (tertiary/aromatic N) is 2. The third kappa shape index (κ3) is 3.29. The topological polar surface area (TPSA) is 32.8 Å². The van der Waals surface area contributed by atoms with Crippen LogP contribution < -0.4 is 0 Å². The van der Waals surface area contributed by atoms with Crippen molar-refractivity contribution in [1.82, 2.24) is 9.80 Å². The van der Waals surface area contributed by atoms with Gasteiger partial charge in [0.1, 0.15) is 0 Å². The van der Waals surface area contributed by atoms with E-state index in [1.54, 1.807) is 6.92 Å². The van der Waals surface area contributed by atoms with Gasteiger partial charge in [0.15, 0.2) is 0 Å². The SMILES string of the molecule is CC(=O)N(C)C1CCOC2(CCN(C(C)C)CC2)C1. The minimum atomic E-state index is 0.0258.